The fourth-order valence-corrected chi connectivity index (χ4v) is 2.82. The van der Waals surface area contributed by atoms with E-state index in [1.807, 2.05) is 24.3 Å². The minimum absolute atomic E-state index is 0.293. The number of benzene rings is 1. The Kier molecular flexibility index (Phi) is 5.51. The standard InChI is InChI=1S/C16H23N3O3/c17-8-4-3-7-13(18)15(20)19-10-12-6-2-1-5-11(12)9-14(19)16(21)22/h1-2,5-6,13-14H,3-4,7-10,17-18H2,(H,21,22)/t13?,14-/m0/s1. The molecule has 0 spiro atoms. The zero-order valence-corrected chi connectivity index (χ0v) is 12.6. The number of aliphatic carboxylic acids is 1. The van der Waals surface area contributed by atoms with Crippen molar-refractivity contribution in [1.29, 1.82) is 0 Å². The molecule has 2 rings (SSSR count). The summed E-state index contributed by atoms with van der Waals surface area (Å²) in [6, 6.07) is 6.10. The number of unbranched alkanes of at least 4 members (excludes halogenated alkanes) is 1. The summed E-state index contributed by atoms with van der Waals surface area (Å²) < 4.78 is 0. The Morgan fingerprint density at radius 1 is 1.27 bits per heavy atom. The van der Waals surface area contributed by atoms with Crippen LogP contribution in [0.3, 0.4) is 0 Å². The molecule has 1 amide bonds. The van der Waals surface area contributed by atoms with Gasteiger partial charge in [0.05, 0.1) is 6.04 Å². The summed E-state index contributed by atoms with van der Waals surface area (Å²) in [6.07, 6.45) is 2.44. The molecule has 1 heterocycles. The second kappa shape index (κ2) is 7.38. The van der Waals surface area contributed by atoms with Crippen molar-refractivity contribution in [3.63, 3.8) is 0 Å². The highest BCUT2D eigenvalue weighted by Crippen LogP contribution is 2.24. The summed E-state index contributed by atoms with van der Waals surface area (Å²) >= 11 is 0. The van der Waals surface area contributed by atoms with E-state index in [9.17, 15) is 14.7 Å². The molecule has 0 saturated carbocycles. The van der Waals surface area contributed by atoms with Crippen molar-refractivity contribution in [3.05, 3.63) is 35.4 Å². The fourth-order valence-electron chi connectivity index (χ4n) is 2.82. The van der Waals surface area contributed by atoms with Crippen molar-refractivity contribution in [1.82, 2.24) is 4.90 Å². The number of nitrogens with two attached hydrogens (primary N) is 2. The first kappa shape index (κ1) is 16.5. The Balaban J connectivity index is 2.13. The van der Waals surface area contributed by atoms with Crippen LogP contribution in [-0.4, -0.2) is 40.5 Å². The molecule has 6 heteroatoms. The van der Waals surface area contributed by atoms with Gasteiger partial charge in [0.15, 0.2) is 0 Å². The largest absolute Gasteiger partial charge is 0.480 e. The zero-order chi connectivity index (χ0) is 16.1. The third kappa shape index (κ3) is 3.64. The number of hydrogen-bond acceptors (Lipinski definition) is 4. The van der Waals surface area contributed by atoms with Crippen molar-refractivity contribution in [3.8, 4) is 0 Å². The highest BCUT2D eigenvalue weighted by Gasteiger charge is 2.36. The van der Waals surface area contributed by atoms with Gasteiger partial charge >= 0.3 is 5.97 Å². The van der Waals surface area contributed by atoms with Crippen LogP contribution in [0.2, 0.25) is 0 Å². The normalized spacial score (nSPS) is 18.6. The molecule has 1 aromatic rings. The molecule has 2 atom stereocenters. The van der Waals surface area contributed by atoms with Gasteiger partial charge in [-0.3, -0.25) is 4.79 Å². The third-order valence-corrected chi connectivity index (χ3v) is 4.10. The van der Waals surface area contributed by atoms with E-state index in [-0.39, 0.29) is 5.91 Å². The minimum Gasteiger partial charge on any atom is -0.480 e. The van der Waals surface area contributed by atoms with Crippen LogP contribution in [0.4, 0.5) is 0 Å². The van der Waals surface area contributed by atoms with E-state index in [2.05, 4.69) is 0 Å². The lowest BCUT2D eigenvalue weighted by Crippen LogP contribution is -2.53. The van der Waals surface area contributed by atoms with Gasteiger partial charge in [0, 0.05) is 13.0 Å². The van der Waals surface area contributed by atoms with Crippen molar-refractivity contribution in [2.75, 3.05) is 6.54 Å². The van der Waals surface area contributed by atoms with E-state index in [1.54, 1.807) is 0 Å². The summed E-state index contributed by atoms with van der Waals surface area (Å²) in [4.78, 5) is 25.4. The van der Waals surface area contributed by atoms with Crippen LogP contribution in [-0.2, 0) is 22.6 Å². The van der Waals surface area contributed by atoms with Gasteiger partial charge in [-0.25, -0.2) is 4.79 Å². The van der Waals surface area contributed by atoms with E-state index < -0.39 is 18.1 Å². The first-order valence-electron chi connectivity index (χ1n) is 7.60. The number of carbonyl (C=O) groups is 2. The molecule has 0 aliphatic carbocycles. The SMILES string of the molecule is NCCCCC(N)C(=O)N1Cc2ccccc2C[C@H]1C(=O)O. The van der Waals surface area contributed by atoms with Crippen molar-refractivity contribution in [2.24, 2.45) is 11.5 Å². The molecule has 1 aliphatic rings. The molecule has 1 aromatic carbocycles. The summed E-state index contributed by atoms with van der Waals surface area (Å²) in [5.41, 5.74) is 13.4. The Hall–Kier alpha value is -1.92. The van der Waals surface area contributed by atoms with Gasteiger partial charge in [-0.05, 0) is 30.5 Å². The molecule has 22 heavy (non-hydrogen) atoms. The van der Waals surface area contributed by atoms with Crippen LogP contribution in [0, 0.1) is 0 Å². The van der Waals surface area contributed by atoms with Gasteiger partial charge in [0.2, 0.25) is 5.91 Å². The number of carboxylic acid groups (broad SMARTS) is 1. The van der Waals surface area contributed by atoms with E-state index in [0.717, 1.165) is 24.0 Å². The van der Waals surface area contributed by atoms with Gasteiger partial charge in [-0.1, -0.05) is 30.7 Å². The van der Waals surface area contributed by atoms with Crippen molar-refractivity contribution < 1.29 is 14.7 Å². The Morgan fingerprint density at radius 2 is 1.95 bits per heavy atom. The smallest absolute Gasteiger partial charge is 0.326 e. The highest BCUT2D eigenvalue weighted by molar-refractivity contribution is 5.87. The molecule has 0 radical (unpaired) electrons. The average Bonchev–Trinajstić information content (AvgIpc) is 2.52. The summed E-state index contributed by atoms with van der Waals surface area (Å²) in [6.45, 7) is 0.867. The van der Waals surface area contributed by atoms with Crippen molar-refractivity contribution in [2.45, 2.75) is 44.3 Å². The lowest BCUT2D eigenvalue weighted by Gasteiger charge is -2.36. The highest BCUT2D eigenvalue weighted by atomic mass is 16.4. The molecule has 1 aliphatic heterocycles. The minimum atomic E-state index is -0.989. The fraction of sp³-hybridized carbons (Fsp3) is 0.500. The van der Waals surface area contributed by atoms with Gasteiger partial charge in [-0.2, -0.15) is 0 Å². The maximum Gasteiger partial charge on any atom is 0.326 e. The molecule has 1 unspecified atom stereocenters. The topological polar surface area (TPSA) is 110 Å². The van der Waals surface area contributed by atoms with Crippen LogP contribution >= 0.6 is 0 Å². The van der Waals surface area contributed by atoms with Crippen molar-refractivity contribution >= 4 is 11.9 Å². The quantitative estimate of drug-likeness (QED) is 0.662. The van der Waals surface area contributed by atoms with E-state index >= 15 is 0 Å². The Labute approximate surface area is 130 Å². The summed E-state index contributed by atoms with van der Waals surface area (Å²) in [5, 5.41) is 9.43. The maximum absolute atomic E-state index is 12.5. The number of nitrogens with zero attached hydrogens (tertiary/aromatic N) is 1. The van der Waals surface area contributed by atoms with Crippen LogP contribution in [0.5, 0.6) is 0 Å². The predicted octanol–water partition coefficient (Wildman–Crippen LogP) is 0.481. The zero-order valence-electron chi connectivity index (χ0n) is 12.6. The first-order chi connectivity index (χ1) is 10.5. The van der Waals surface area contributed by atoms with Gasteiger partial charge in [-0.15, -0.1) is 0 Å². The van der Waals surface area contributed by atoms with Gasteiger partial charge in [0.25, 0.3) is 0 Å². The lowest BCUT2D eigenvalue weighted by molar-refractivity contribution is -0.152. The third-order valence-electron chi connectivity index (χ3n) is 4.10. The number of hydrogen-bond donors (Lipinski definition) is 3. The van der Waals surface area contributed by atoms with Crippen LogP contribution < -0.4 is 11.5 Å². The number of carboxylic acids is 1. The molecular formula is C16H23N3O3. The van der Waals surface area contributed by atoms with E-state index in [0.29, 0.717) is 25.9 Å². The maximum atomic E-state index is 12.5. The molecule has 0 aromatic heterocycles. The number of carbonyl (C=O) groups excluding carboxylic acids is 1. The van der Waals surface area contributed by atoms with Crippen LogP contribution in [0.1, 0.15) is 30.4 Å². The average molecular weight is 305 g/mol. The number of fused-ring (bicyclic) bond motifs is 1. The predicted molar refractivity (Wildman–Crippen MR) is 83.0 cm³/mol. The molecule has 6 nitrogen and oxygen atoms in total. The molecule has 0 saturated heterocycles. The van der Waals surface area contributed by atoms with Crippen LogP contribution in [0.25, 0.3) is 0 Å². The molecule has 120 valence electrons. The lowest BCUT2D eigenvalue weighted by atomic mass is 9.93. The molecule has 5 N–H and O–H groups in total. The number of rotatable bonds is 6. The first-order valence-corrected chi connectivity index (χ1v) is 7.60. The number of amides is 1. The second-order valence-corrected chi connectivity index (χ2v) is 5.68. The van der Waals surface area contributed by atoms with Gasteiger partial charge < -0.3 is 21.5 Å². The summed E-state index contributed by atoms with van der Waals surface area (Å²) in [7, 11) is 0. The molecule has 0 fully saturated rings. The molecular weight excluding hydrogens is 282 g/mol. The Bertz CT molecular complexity index is 547. The van der Waals surface area contributed by atoms with Gasteiger partial charge in [0.1, 0.15) is 6.04 Å². The molecule has 0 bridgehead atoms. The van der Waals surface area contributed by atoms with E-state index in [1.165, 1.54) is 4.90 Å². The Morgan fingerprint density at radius 3 is 2.59 bits per heavy atom. The summed E-state index contributed by atoms with van der Waals surface area (Å²) in [5.74, 6) is -1.28. The second-order valence-electron chi connectivity index (χ2n) is 5.68. The monoisotopic (exact) mass is 305 g/mol. The van der Waals surface area contributed by atoms with Crippen LogP contribution in [0.15, 0.2) is 24.3 Å². The van der Waals surface area contributed by atoms with E-state index in [4.69, 9.17) is 11.5 Å².